The fraction of sp³-hybridized carbons (Fsp3) is 0.375. The van der Waals surface area contributed by atoms with E-state index in [1.54, 1.807) is 0 Å². The third kappa shape index (κ3) is 3.21. The van der Waals surface area contributed by atoms with Crippen LogP contribution in [0.2, 0.25) is 0 Å². The summed E-state index contributed by atoms with van der Waals surface area (Å²) in [5.41, 5.74) is 4.06. The molecule has 0 saturated heterocycles. The van der Waals surface area contributed by atoms with Crippen molar-refractivity contribution >= 4 is 11.3 Å². The maximum absolute atomic E-state index is 3.45. The number of hydrogen-bond acceptors (Lipinski definition) is 2. The lowest BCUT2D eigenvalue weighted by atomic mass is 10.0. The molecule has 1 aromatic heterocycles. The summed E-state index contributed by atoms with van der Waals surface area (Å²) in [4.78, 5) is 2.80. The Morgan fingerprint density at radius 3 is 2.72 bits per heavy atom. The second-order valence-electron chi connectivity index (χ2n) is 4.76. The molecule has 0 aliphatic rings. The number of nitrogens with one attached hydrogen (secondary N) is 1. The van der Waals surface area contributed by atoms with E-state index in [1.165, 1.54) is 32.9 Å². The van der Waals surface area contributed by atoms with Crippen molar-refractivity contribution in [3.05, 3.63) is 46.3 Å². The normalized spacial score (nSPS) is 10.8. The van der Waals surface area contributed by atoms with Gasteiger partial charge < -0.3 is 5.32 Å². The van der Waals surface area contributed by atoms with Crippen LogP contribution in [0.3, 0.4) is 0 Å². The Morgan fingerprint density at radius 1 is 1.11 bits per heavy atom. The van der Waals surface area contributed by atoms with Gasteiger partial charge in [-0.3, -0.25) is 0 Å². The Morgan fingerprint density at radius 2 is 1.94 bits per heavy atom. The van der Waals surface area contributed by atoms with Crippen LogP contribution in [0.15, 0.2) is 30.3 Å². The third-order valence-corrected chi connectivity index (χ3v) is 4.16. The van der Waals surface area contributed by atoms with Gasteiger partial charge in [-0.2, -0.15) is 0 Å². The van der Waals surface area contributed by atoms with E-state index in [2.05, 4.69) is 56.4 Å². The molecule has 2 heteroatoms. The van der Waals surface area contributed by atoms with Gasteiger partial charge in [0.05, 0.1) is 0 Å². The van der Waals surface area contributed by atoms with Gasteiger partial charge in [0.15, 0.2) is 0 Å². The number of thiophene rings is 1. The molecule has 0 fully saturated rings. The second kappa shape index (κ2) is 6.17. The minimum absolute atomic E-state index is 0.989. The molecule has 0 saturated carbocycles. The predicted molar refractivity (Wildman–Crippen MR) is 81.2 cm³/mol. The summed E-state index contributed by atoms with van der Waals surface area (Å²) in [5, 5.41) is 3.45. The lowest BCUT2D eigenvalue weighted by Gasteiger charge is -2.04. The van der Waals surface area contributed by atoms with Crippen molar-refractivity contribution in [3.63, 3.8) is 0 Å². The second-order valence-corrected chi connectivity index (χ2v) is 5.93. The molecule has 0 amide bonds. The average molecular weight is 259 g/mol. The maximum atomic E-state index is 3.45. The molecule has 0 unspecified atom stereocenters. The van der Waals surface area contributed by atoms with Crippen LogP contribution >= 0.6 is 11.3 Å². The highest BCUT2D eigenvalue weighted by Gasteiger charge is 2.05. The Labute approximate surface area is 114 Å². The van der Waals surface area contributed by atoms with Crippen LogP contribution in [0, 0.1) is 13.8 Å². The molecule has 18 heavy (non-hydrogen) atoms. The Kier molecular flexibility index (Phi) is 4.56. The summed E-state index contributed by atoms with van der Waals surface area (Å²) >= 11 is 1.90. The molecule has 0 atom stereocenters. The van der Waals surface area contributed by atoms with E-state index in [0.717, 1.165) is 13.1 Å². The molecule has 1 aromatic carbocycles. The molecule has 1 N–H and O–H groups in total. The van der Waals surface area contributed by atoms with Crippen LogP contribution in [-0.4, -0.2) is 6.54 Å². The van der Waals surface area contributed by atoms with Crippen LogP contribution < -0.4 is 5.32 Å². The van der Waals surface area contributed by atoms with Gasteiger partial charge >= 0.3 is 0 Å². The van der Waals surface area contributed by atoms with Crippen molar-refractivity contribution in [1.29, 1.82) is 0 Å². The lowest BCUT2D eigenvalue weighted by Crippen LogP contribution is -2.12. The summed E-state index contributed by atoms with van der Waals surface area (Å²) in [6.45, 7) is 8.62. The molecular formula is C16H21NS. The smallest absolute Gasteiger partial charge is 0.0348 e. The average Bonchev–Trinajstić information content (AvgIpc) is 2.81. The Bertz CT molecular complexity index is 514. The van der Waals surface area contributed by atoms with Gasteiger partial charge in [-0.05, 0) is 50.1 Å². The SMILES string of the molecule is CCCNCc1ccc(-c2cc(C)ccc2C)s1. The highest BCUT2D eigenvalue weighted by Crippen LogP contribution is 2.31. The number of benzene rings is 1. The van der Waals surface area contributed by atoms with Crippen molar-refractivity contribution in [2.45, 2.75) is 33.7 Å². The minimum Gasteiger partial charge on any atom is -0.312 e. The lowest BCUT2D eigenvalue weighted by molar-refractivity contribution is 0.681. The van der Waals surface area contributed by atoms with E-state index in [4.69, 9.17) is 0 Å². The summed E-state index contributed by atoms with van der Waals surface area (Å²) in [5.74, 6) is 0. The molecule has 2 rings (SSSR count). The van der Waals surface area contributed by atoms with Crippen molar-refractivity contribution in [1.82, 2.24) is 5.32 Å². The summed E-state index contributed by atoms with van der Waals surface area (Å²) in [6, 6.07) is 11.2. The van der Waals surface area contributed by atoms with Crippen LogP contribution in [0.4, 0.5) is 0 Å². The van der Waals surface area contributed by atoms with E-state index in [9.17, 15) is 0 Å². The van der Waals surface area contributed by atoms with Crippen molar-refractivity contribution in [3.8, 4) is 10.4 Å². The maximum Gasteiger partial charge on any atom is 0.0348 e. The largest absolute Gasteiger partial charge is 0.312 e. The monoisotopic (exact) mass is 259 g/mol. The number of hydrogen-bond donors (Lipinski definition) is 1. The van der Waals surface area contributed by atoms with Gasteiger partial charge in [-0.15, -0.1) is 11.3 Å². The molecule has 96 valence electrons. The van der Waals surface area contributed by atoms with E-state index >= 15 is 0 Å². The molecule has 0 aliphatic carbocycles. The molecule has 2 aromatic rings. The van der Waals surface area contributed by atoms with Gasteiger partial charge in [0.25, 0.3) is 0 Å². The summed E-state index contributed by atoms with van der Waals surface area (Å²) in [6.07, 6.45) is 1.19. The molecular weight excluding hydrogens is 238 g/mol. The minimum atomic E-state index is 0.989. The van der Waals surface area contributed by atoms with Crippen LogP contribution in [0.1, 0.15) is 29.3 Å². The first kappa shape index (κ1) is 13.3. The fourth-order valence-corrected chi connectivity index (χ4v) is 3.07. The topological polar surface area (TPSA) is 12.0 Å². The molecule has 1 nitrogen and oxygen atoms in total. The van der Waals surface area contributed by atoms with Crippen molar-refractivity contribution in [2.24, 2.45) is 0 Å². The van der Waals surface area contributed by atoms with E-state index in [1.807, 2.05) is 11.3 Å². The van der Waals surface area contributed by atoms with Gasteiger partial charge in [-0.1, -0.05) is 30.7 Å². The zero-order valence-electron chi connectivity index (χ0n) is 11.4. The van der Waals surface area contributed by atoms with Gasteiger partial charge in [0, 0.05) is 16.3 Å². The summed E-state index contributed by atoms with van der Waals surface area (Å²) < 4.78 is 0. The molecule has 0 bridgehead atoms. The van der Waals surface area contributed by atoms with Gasteiger partial charge in [-0.25, -0.2) is 0 Å². The third-order valence-electron chi connectivity index (χ3n) is 3.05. The van der Waals surface area contributed by atoms with Crippen LogP contribution in [0.25, 0.3) is 10.4 Å². The molecule has 1 heterocycles. The van der Waals surface area contributed by atoms with E-state index in [-0.39, 0.29) is 0 Å². The van der Waals surface area contributed by atoms with Gasteiger partial charge in [0.1, 0.15) is 0 Å². The first-order valence-electron chi connectivity index (χ1n) is 6.57. The number of aryl methyl sites for hydroxylation is 2. The van der Waals surface area contributed by atoms with Crippen molar-refractivity contribution in [2.75, 3.05) is 6.54 Å². The predicted octanol–water partition coefficient (Wildman–Crippen LogP) is 4.53. The standard InChI is InChI=1S/C16H21NS/c1-4-9-17-11-14-7-8-16(18-14)15-10-12(2)5-6-13(15)3/h5-8,10,17H,4,9,11H2,1-3H3. The quantitative estimate of drug-likeness (QED) is 0.778. The van der Waals surface area contributed by atoms with E-state index < -0.39 is 0 Å². The summed E-state index contributed by atoms with van der Waals surface area (Å²) in [7, 11) is 0. The highest BCUT2D eigenvalue weighted by atomic mass is 32.1. The Balaban J connectivity index is 2.16. The molecule has 0 aliphatic heterocycles. The fourth-order valence-electron chi connectivity index (χ4n) is 2.01. The first-order valence-corrected chi connectivity index (χ1v) is 7.39. The number of rotatable bonds is 5. The zero-order chi connectivity index (χ0) is 13.0. The van der Waals surface area contributed by atoms with E-state index in [0.29, 0.717) is 0 Å². The molecule has 0 spiro atoms. The van der Waals surface area contributed by atoms with Crippen molar-refractivity contribution < 1.29 is 0 Å². The van der Waals surface area contributed by atoms with Crippen LogP contribution in [-0.2, 0) is 6.54 Å². The first-order chi connectivity index (χ1) is 8.70. The Hall–Kier alpha value is -1.12. The molecule has 0 radical (unpaired) electrons. The van der Waals surface area contributed by atoms with Crippen LogP contribution in [0.5, 0.6) is 0 Å². The zero-order valence-corrected chi connectivity index (χ0v) is 12.2. The van der Waals surface area contributed by atoms with Gasteiger partial charge in [0.2, 0.25) is 0 Å². The highest BCUT2D eigenvalue weighted by molar-refractivity contribution is 7.15.